The largest absolute Gasteiger partial charge is 0.462 e. The van der Waals surface area contributed by atoms with Gasteiger partial charge in [-0.15, -0.1) is 0 Å². The van der Waals surface area contributed by atoms with Gasteiger partial charge in [-0.3, -0.25) is 0 Å². The number of hydrogen-bond donors (Lipinski definition) is 1. The van der Waals surface area contributed by atoms with Gasteiger partial charge in [0.15, 0.2) is 0 Å². The van der Waals surface area contributed by atoms with Crippen molar-refractivity contribution in [3.8, 4) is 0 Å². The van der Waals surface area contributed by atoms with Crippen LogP contribution in [0, 0.1) is 0 Å². The number of carbonyl (C=O) groups is 1. The van der Waals surface area contributed by atoms with E-state index in [2.05, 4.69) is 11.8 Å². The average Bonchev–Trinajstić information content (AvgIpc) is 2.40. The molecule has 2 rings (SSSR count). The van der Waals surface area contributed by atoms with Gasteiger partial charge in [0.2, 0.25) is 0 Å². The Morgan fingerprint density at radius 1 is 1.58 bits per heavy atom. The molecule has 1 aliphatic heterocycles. The van der Waals surface area contributed by atoms with Crippen LogP contribution in [-0.4, -0.2) is 38.4 Å². The van der Waals surface area contributed by atoms with Crippen LogP contribution in [0.3, 0.4) is 0 Å². The molecule has 1 unspecified atom stereocenters. The summed E-state index contributed by atoms with van der Waals surface area (Å²) in [5.74, 6) is -0.330. The Balaban J connectivity index is 2.39. The molecule has 1 saturated heterocycles. The molecule has 2 N–H and O–H groups in total. The van der Waals surface area contributed by atoms with E-state index in [1.165, 1.54) is 0 Å². The topological polar surface area (TPSA) is 64.8 Å². The molecule has 0 radical (unpaired) electrons. The predicted molar refractivity (Wildman–Crippen MR) is 74.4 cm³/mol. The fourth-order valence-corrected chi connectivity index (χ4v) is 2.31. The highest BCUT2D eigenvalue weighted by molar-refractivity contribution is 5.99. The van der Waals surface area contributed by atoms with Crippen molar-refractivity contribution < 1.29 is 14.3 Å². The Kier molecular flexibility index (Phi) is 4.27. The molecule has 104 valence electrons. The summed E-state index contributed by atoms with van der Waals surface area (Å²) in [7, 11) is 0. The molecule has 1 aliphatic rings. The number of anilines is 2. The maximum atomic E-state index is 12.0. The van der Waals surface area contributed by atoms with Gasteiger partial charge in [0.05, 0.1) is 36.8 Å². The molecular formula is C14H20N2O3. The van der Waals surface area contributed by atoms with E-state index in [1.54, 1.807) is 25.1 Å². The van der Waals surface area contributed by atoms with Crippen molar-refractivity contribution in [3.05, 3.63) is 23.8 Å². The quantitative estimate of drug-likeness (QED) is 0.664. The van der Waals surface area contributed by atoms with Crippen molar-refractivity contribution in [1.82, 2.24) is 0 Å². The monoisotopic (exact) mass is 264 g/mol. The summed E-state index contributed by atoms with van der Waals surface area (Å²) in [6.07, 6.45) is 0. The number of para-hydroxylation sites is 1. The zero-order valence-electron chi connectivity index (χ0n) is 11.4. The fourth-order valence-electron chi connectivity index (χ4n) is 2.31. The number of esters is 1. The maximum absolute atomic E-state index is 12.0. The molecule has 0 amide bonds. The summed E-state index contributed by atoms with van der Waals surface area (Å²) >= 11 is 0. The average molecular weight is 264 g/mol. The summed E-state index contributed by atoms with van der Waals surface area (Å²) in [5, 5.41) is 0. The van der Waals surface area contributed by atoms with Crippen molar-refractivity contribution in [3.63, 3.8) is 0 Å². The van der Waals surface area contributed by atoms with E-state index in [0.717, 1.165) is 12.2 Å². The third kappa shape index (κ3) is 2.81. The first-order chi connectivity index (χ1) is 9.15. The summed E-state index contributed by atoms with van der Waals surface area (Å²) in [6.45, 7) is 6.20. The van der Waals surface area contributed by atoms with Gasteiger partial charge in [-0.25, -0.2) is 4.79 Å². The maximum Gasteiger partial charge on any atom is 0.340 e. The second-order valence-corrected chi connectivity index (χ2v) is 4.58. The minimum Gasteiger partial charge on any atom is -0.462 e. The van der Waals surface area contributed by atoms with Gasteiger partial charge in [0, 0.05) is 12.6 Å². The number of nitrogens with zero attached hydrogens (tertiary/aromatic N) is 1. The van der Waals surface area contributed by atoms with E-state index in [-0.39, 0.29) is 12.0 Å². The summed E-state index contributed by atoms with van der Waals surface area (Å²) in [5.41, 5.74) is 7.94. The van der Waals surface area contributed by atoms with E-state index in [9.17, 15) is 4.79 Å². The van der Waals surface area contributed by atoms with Crippen molar-refractivity contribution in [1.29, 1.82) is 0 Å². The van der Waals surface area contributed by atoms with Crippen LogP contribution >= 0.6 is 0 Å². The summed E-state index contributed by atoms with van der Waals surface area (Å²) < 4.78 is 10.5. The zero-order chi connectivity index (χ0) is 13.8. The number of benzene rings is 1. The van der Waals surface area contributed by atoms with Gasteiger partial charge in [-0.2, -0.15) is 0 Å². The number of rotatable bonds is 3. The minimum atomic E-state index is -0.330. The molecule has 1 aromatic carbocycles. The normalized spacial score (nSPS) is 19.3. The Morgan fingerprint density at radius 3 is 3.05 bits per heavy atom. The van der Waals surface area contributed by atoms with Crippen molar-refractivity contribution in [2.24, 2.45) is 0 Å². The van der Waals surface area contributed by atoms with Crippen LogP contribution in [0.5, 0.6) is 0 Å². The number of ether oxygens (including phenoxy) is 2. The van der Waals surface area contributed by atoms with Crippen molar-refractivity contribution in [2.75, 3.05) is 37.0 Å². The number of nitrogen functional groups attached to an aromatic ring is 1. The first-order valence-corrected chi connectivity index (χ1v) is 6.55. The van der Waals surface area contributed by atoms with Crippen LogP contribution < -0.4 is 10.6 Å². The number of morpholine rings is 1. The molecule has 0 bridgehead atoms. The van der Waals surface area contributed by atoms with Crippen LogP contribution in [0.4, 0.5) is 11.4 Å². The molecule has 1 fully saturated rings. The van der Waals surface area contributed by atoms with Crippen molar-refractivity contribution in [2.45, 2.75) is 19.9 Å². The lowest BCUT2D eigenvalue weighted by molar-refractivity contribution is 0.0525. The molecule has 0 aromatic heterocycles. The van der Waals surface area contributed by atoms with Crippen LogP contribution in [0.1, 0.15) is 24.2 Å². The summed E-state index contributed by atoms with van der Waals surface area (Å²) in [6, 6.07) is 5.52. The van der Waals surface area contributed by atoms with Crippen LogP contribution in [0.2, 0.25) is 0 Å². The highest BCUT2D eigenvalue weighted by Gasteiger charge is 2.26. The minimum absolute atomic E-state index is 0.187. The second kappa shape index (κ2) is 5.93. The molecule has 5 heteroatoms. The van der Waals surface area contributed by atoms with Gasteiger partial charge in [0.25, 0.3) is 0 Å². The van der Waals surface area contributed by atoms with E-state index in [1.807, 2.05) is 0 Å². The highest BCUT2D eigenvalue weighted by atomic mass is 16.5. The van der Waals surface area contributed by atoms with Crippen molar-refractivity contribution >= 4 is 17.3 Å². The van der Waals surface area contributed by atoms with Crippen LogP contribution in [-0.2, 0) is 9.47 Å². The Hall–Kier alpha value is -1.75. The van der Waals surface area contributed by atoms with Gasteiger partial charge >= 0.3 is 5.97 Å². The van der Waals surface area contributed by atoms with Crippen LogP contribution in [0.15, 0.2) is 18.2 Å². The number of carbonyl (C=O) groups excluding carboxylic acids is 1. The Bertz CT molecular complexity index is 462. The molecule has 1 aromatic rings. The lowest BCUT2D eigenvalue weighted by Crippen LogP contribution is -2.44. The molecule has 1 heterocycles. The third-order valence-corrected chi connectivity index (χ3v) is 3.22. The molecule has 5 nitrogen and oxygen atoms in total. The molecule has 19 heavy (non-hydrogen) atoms. The van der Waals surface area contributed by atoms with Gasteiger partial charge < -0.3 is 20.1 Å². The van der Waals surface area contributed by atoms with Gasteiger partial charge in [0.1, 0.15) is 0 Å². The SMILES string of the molecule is CCOC(=O)c1cccc(N)c1N1CCOCC1C. The van der Waals surface area contributed by atoms with E-state index in [4.69, 9.17) is 15.2 Å². The Labute approximate surface area is 113 Å². The predicted octanol–water partition coefficient (Wildman–Crippen LogP) is 1.67. The molecule has 0 saturated carbocycles. The highest BCUT2D eigenvalue weighted by Crippen LogP contribution is 2.31. The molecule has 1 atom stereocenters. The number of nitrogens with two attached hydrogens (primary N) is 1. The first kappa shape index (κ1) is 13.7. The fraction of sp³-hybridized carbons (Fsp3) is 0.500. The molecular weight excluding hydrogens is 244 g/mol. The number of hydrogen-bond acceptors (Lipinski definition) is 5. The van der Waals surface area contributed by atoms with E-state index < -0.39 is 0 Å². The van der Waals surface area contributed by atoms with E-state index in [0.29, 0.717) is 31.1 Å². The summed E-state index contributed by atoms with van der Waals surface area (Å²) in [4.78, 5) is 14.1. The molecule has 0 aliphatic carbocycles. The smallest absolute Gasteiger partial charge is 0.340 e. The van der Waals surface area contributed by atoms with Crippen LogP contribution in [0.25, 0.3) is 0 Å². The zero-order valence-corrected chi connectivity index (χ0v) is 11.4. The van der Waals surface area contributed by atoms with E-state index >= 15 is 0 Å². The standard InChI is InChI=1S/C14H20N2O3/c1-3-19-14(17)11-5-4-6-12(15)13(11)16-7-8-18-9-10(16)2/h4-6,10H,3,7-9,15H2,1-2H3. The first-order valence-electron chi connectivity index (χ1n) is 6.55. The molecule has 0 spiro atoms. The Morgan fingerprint density at radius 2 is 2.37 bits per heavy atom. The van der Waals surface area contributed by atoms with Gasteiger partial charge in [-0.05, 0) is 26.0 Å². The van der Waals surface area contributed by atoms with Gasteiger partial charge in [-0.1, -0.05) is 6.07 Å². The lowest BCUT2D eigenvalue weighted by Gasteiger charge is -2.36. The third-order valence-electron chi connectivity index (χ3n) is 3.22. The second-order valence-electron chi connectivity index (χ2n) is 4.58. The lowest BCUT2D eigenvalue weighted by atomic mass is 10.1.